The quantitative estimate of drug-likeness (QED) is 0.193. The Balaban J connectivity index is 1.87. The molecule has 2 aromatic rings. The molecule has 0 saturated carbocycles. The van der Waals surface area contributed by atoms with Crippen LogP contribution in [0.5, 0.6) is 0 Å². The SMILES string of the molecule is CCCCCCCCCc1n(Cc2ccccc2)cc[n+]1CCCCCCCC. The van der Waals surface area contributed by atoms with Gasteiger partial charge in [-0.15, -0.1) is 0 Å². The summed E-state index contributed by atoms with van der Waals surface area (Å²) in [7, 11) is 0. The van der Waals surface area contributed by atoms with E-state index >= 15 is 0 Å². The van der Waals surface area contributed by atoms with Gasteiger partial charge in [-0.1, -0.05) is 108 Å². The number of hydrogen-bond acceptors (Lipinski definition) is 0. The van der Waals surface area contributed by atoms with Crippen LogP contribution in [-0.4, -0.2) is 4.57 Å². The van der Waals surface area contributed by atoms with Crippen LogP contribution in [0.1, 0.15) is 109 Å². The summed E-state index contributed by atoms with van der Waals surface area (Å²) < 4.78 is 5.03. The molecule has 0 amide bonds. The molecular weight excluding hydrogens is 352 g/mol. The fraction of sp³-hybridized carbons (Fsp3) is 0.667. The maximum Gasteiger partial charge on any atom is 0.256 e. The first-order valence-corrected chi connectivity index (χ1v) is 12.5. The van der Waals surface area contributed by atoms with Crippen molar-refractivity contribution in [2.45, 2.75) is 117 Å². The molecule has 0 aliphatic carbocycles. The number of aryl methyl sites for hydroxylation is 1. The van der Waals surface area contributed by atoms with Gasteiger partial charge in [0.25, 0.3) is 5.82 Å². The Morgan fingerprint density at radius 2 is 1.28 bits per heavy atom. The van der Waals surface area contributed by atoms with Crippen molar-refractivity contribution in [2.24, 2.45) is 0 Å². The van der Waals surface area contributed by atoms with E-state index in [-0.39, 0.29) is 0 Å². The highest BCUT2D eigenvalue weighted by Gasteiger charge is 2.17. The molecule has 1 aromatic carbocycles. The Morgan fingerprint density at radius 3 is 1.93 bits per heavy atom. The maximum atomic E-state index is 2.54. The van der Waals surface area contributed by atoms with Crippen molar-refractivity contribution in [3.8, 4) is 0 Å². The van der Waals surface area contributed by atoms with Gasteiger partial charge in [-0.2, -0.15) is 0 Å². The number of benzene rings is 1. The number of hydrogen-bond donors (Lipinski definition) is 0. The minimum Gasteiger partial charge on any atom is -0.234 e. The summed E-state index contributed by atoms with van der Waals surface area (Å²) in [5.41, 5.74) is 1.40. The molecule has 0 atom stereocenters. The molecule has 0 spiro atoms. The molecule has 1 aromatic heterocycles. The Kier molecular flexibility index (Phi) is 12.5. The first-order valence-electron chi connectivity index (χ1n) is 12.5. The van der Waals surface area contributed by atoms with Gasteiger partial charge < -0.3 is 0 Å². The smallest absolute Gasteiger partial charge is 0.234 e. The van der Waals surface area contributed by atoms with Crippen LogP contribution < -0.4 is 4.57 Å². The molecule has 2 nitrogen and oxygen atoms in total. The number of aromatic nitrogens is 2. The molecule has 0 fully saturated rings. The summed E-state index contributed by atoms with van der Waals surface area (Å²) in [6.07, 6.45) is 23.7. The van der Waals surface area contributed by atoms with Crippen LogP contribution >= 0.6 is 0 Å². The average molecular weight is 398 g/mol. The van der Waals surface area contributed by atoms with E-state index in [9.17, 15) is 0 Å². The van der Waals surface area contributed by atoms with E-state index in [2.05, 4.69) is 65.7 Å². The molecule has 0 unspecified atom stereocenters. The van der Waals surface area contributed by atoms with Crippen molar-refractivity contribution in [1.82, 2.24) is 4.57 Å². The second kappa shape index (κ2) is 15.3. The number of rotatable bonds is 17. The van der Waals surface area contributed by atoms with Crippen LogP contribution in [-0.2, 0) is 19.5 Å². The van der Waals surface area contributed by atoms with E-state index in [1.807, 2.05) is 0 Å². The minimum atomic E-state index is 0.996. The van der Waals surface area contributed by atoms with Crippen molar-refractivity contribution >= 4 is 0 Å². The van der Waals surface area contributed by atoms with Crippen molar-refractivity contribution in [3.63, 3.8) is 0 Å². The van der Waals surface area contributed by atoms with Gasteiger partial charge in [-0.3, -0.25) is 0 Å². The largest absolute Gasteiger partial charge is 0.256 e. The van der Waals surface area contributed by atoms with Gasteiger partial charge in [0, 0.05) is 6.42 Å². The lowest BCUT2D eigenvalue weighted by Crippen LogP contribution is -2.37. The zero-order chi connectivity index (χ0) is 20.6. The molecule has 2 heteroatoms. The third-order valence-corrected chi connectivity index (χ3v) is 6.04. The highest BCUT2D eigenvalue weighted by Crippen LogP contribution is 2.12. The van der Waals surface area contributed by atoms with Crippen molar-refractivity contribution in [2.75, 3.05) is 0 Å². The highest BCUT2D eigenvalue weighted by atomic mass is 15.1. The Morgan fingerprint density at radius 1 is 0.690 bits per heavy atom. The van der Waals surface area contributed by atoms with E-state index in [4.69, 9.17) is 0 Å². The molecule has 0 aliphatic rings. The van der Waals surface area contributed by atoms with Crippen LogP contribution in [0.4, 0.5) is 0 Å². The normalized spacial score (nSPS) is 11.2. The number of unbranched alkanes of at least 4 members (excludes halogenated alkanes) is 11. The molecular formula is C27H45N2+. The third-order valence-electron chi connectivity index (χ3n) is 6.04. The van der Waals surface area contributed by atoms with E-state index < -0.39 is 0 Å². The predicted octanol–water partition coefficient (Wildman–Crippen LogP) is 7.48. The summed E-state index contributed by atoms with van der Waals surface area (Å²) in [6, 6.07) is 10.9. The third kappa shape index (κ3) is 9.65. The van der Waals surface area contributed by atoms with Crippen LogP contribution in [0.15, 0.2) is 42.7 Å². The molecule has 0 N–H and O–H groups in total. The molecule has 2 rings (SSSR count). The maximum absolute atomic E-state index is 2.54. The summed E-state index contributed by atoms with van der Waals surface area (Å²) in [6.45, 7) is 6.76. The summed E-state index contributed by atoms with van der Waals surface area (Å²) >= 11 is 0. The van der Waals surface area contributed by atoms with Gasteiger partial charge in [0.2, 0.25) is 0 Å². The lowest BCUT2D eigenvalue weighted by Gasteiger charge is -2.07. The summed E-state index contributed by atoms with van der Waals surface area (Å²) in [5, 5.41) is 0. The molecule has 0 bridgehead atoms. The Hall–Kier alpha value is -1.57. The van der Waals surface area contributed by atoms with Gasteiger partial charge in [-0.25, -0.2) is 9.13 Å². The van der Waals surface area contributed by atoms with Crippen LogP contribution in [0.2, 0.25) is 0 Å². The fourth-order valence-corrected chi connectivity index (χ4v) is 4.22. The van der Waals surface area contributed by atoms with Crippen LogP contribution in [0.3, 0.4) is 0 Å². The summed E-state index contributed by atoms with van der Waals surface area (Å²) in [4.78, 5) is 0. The van der Waals surface area contributed by atoms with Crippen molar-refractivity contribution < 1.29 is 4.57 Å². The van der Waals surface area contributed by atoms with Gasteiger partial charge in [-0.05, 0) is 24.8 Å². The van der Waals surface area contributed by atoms with Gasteiger partial charge in [0.15, 0.2) is 0 Å². The van der Waals surface area contributed by atoms with Gasteiger partial charge in [0.1, 0.15) is 18.9 Å². The highest BCUT2D eigenvalue weighted by molar-refractivity contribution is 5.15. The molecule has 0 saturated heterocycles. The topological polar surface area (TPSA) is 8.81 Å². The monoisotopic (exact) mass is 397 g/mol. The average Bonchev–Trinajstić information content (AvgIpc) is 3.12. The second-order valence-corrected chi connectivity index (χ2v) is 8.66. The van der Waals surface area contributed by atoms with Crippen LogP contribution in [0, 0.1) is 0 Å². The number of imidazole rings is 1. The zero-order valence-corrected chi connectivity index (χ0v) is 19.2. The molecule has 0 radical (unpaired) electrons. The lowest BCUT2D eigenvalue weighted by molar-refractivity contribution is -0.704. The Labute approximate surface area is 180 Å². The number of nitrogens with zero attached hydrogens (tertiary/aromatic N) is 2. The van der Waals surface area contributed by atoms with E-state index in [0.717, 1.165) is 6.54 Å². The lowest BCUT2D eigenvalue weighted by atomic mass is 10.1. The standard InChI is InChI=1S/C27H45N2/c1-3-5-7-9-11-12-17-21-27-28(22-18-13-10-8-6-4-2)23-24-29(27)25-26-19-15-14-16-20-26/h14-16,19-20,23-24H,3-13,17-18,21-22,25H2,1-2H3/q+1. The minimum absolute atomic E-state index is 0.996. The molecule has 1 heterocycles. The van der Waals surface area contributed by atoms with Crippen LogP contribution in [0.25, 0.3) is 0 Å². The van der Waals surface area contributed by atoms with E-state index in [0.29, 0.717) is 0 Å². The molecule has 0 aliphatic heterocycles. The predicted molar refractivity (Wildman–Crippen MR) is 125 cm³/mol. The van der Waals surface area contributed by atoms with E-state index in [1.165, 1.54) is 108 Å². The van der Waals surface area contributed by atoms with Crippen molar-refractivity contribution in [1.29, 1.82) is 0 Å². The Bertz CT molecular complexity index is 629. The first kappa shape index (κ1) is 23.7. The van der Waals surface area contributed by atoms with E-state index in [1.54, 1.807) is 0 Å². The zero-order valence-electron chi connectivity index (χ0n) is 19.2. The summed E-state index contributed by atoms with van der Waals surface area (Å²) in [5.74, 6) is 1.52. The molecule has 162 valence electrons. The van der Waals surface area contributed by atoms with Gasteiger partial charge >= 0.3 is 0 Å². The second-order valence-electron chi connectivity index (χ2n) is 8.66. The fourth-order valence-electron chi connectivity index (χ4n) is 4.22. The molecule has 29 heavy (non-hydrogen) atoms. The van der Waals surface area contributed by atoms with Crippen molar-refractivity contribution in [3.05, 3.63) is 54.1 Å². The van der Waals surface area contributed by atoms with Gasteiger partial charge in [0.05, 0.1) is 6.54 Å². The first-order chi connectivity index (χ1) is 14.3.